The van der Waals surface area contributed by atoms with Gasteiger partial charge in [-0.05, 0) is 40.4 Å². The number of nitrogens with zero attached hydrogens (tertiary/aromatic N) is 1. The van der Waals surface area contributed by atoms with E-state index >= 15 is 0 Å². The molecule has 0 aromatic carbocycles. The van der Waals surface area contributed by atoms with Crippen LogP contribution in [0.4, 0.5) is 0 Å². The van der Waals surface area contributed by atoms with Crippen LogP contribution >= 0.6 is 0 Å². The monoisotopic (exact) mass is 351 g/mol. The zero-order chi connectivity index (χ0) is 20.4. The maximum absolute atomic E-state index is 12.2. The lowest BCUT2D eigenvalue weighted by atomic mass is 9.55. The molecular weight excluding hydrogens is 310 g/mol. The molecule has 0 aliphatic carbocycles. The fourth-order valence-corrected chi connectivity index (χ4v) is 3.52. The molecule has 0 fully saturated rings. The van der Waals surface area contributed by atoms with Gasteiger partial charge in [0, 0.05) is 0 Å². The van der Waals surface area contributed by atoms with Crippen LogP contribution < -0.4 is 0 Å². The highest BCUT2D eigenvalue weighted by Gasteiger charge is 2.49. The summed E-state index contributed by atoms with van der Waals surface area (Å²) in [6.45, 7) is 23.2. The average Bonchev–Trinajstić information content (AvgIpc) is 2.43. The maximum atomic E-state index is 12.2. The van der Waals surface area contributed by atoms with E-state index in [1.54, 1.807) is 0 Å². The smallest absolute Gasteiger partial charge is 0.307 e. The molecule has 3 heteroatoms. The highest BCUT2D eigenvalue weighted by Crippen LogP contribution is 2.50. The number of hydrogen-bond donors (Lipinski definition) is 1. The van der Waals surface area contributed by atoms with E-state index in [2.05, 4.69) is 61.5 Å². The molecule has 0 heterocycles. The Kier molecular flexibility index (Phi) is 7.77. The Morgan fingerprint density at radius 1 is 0.920 bits per heavy atom. The average molecular weight is 352 g/mol. The van der Waals surface area contributed by atoms with Crippen molar-refractivity contribution in [3.63, 3.8) is 0 Å². The molecule has 25 heavy (non-hydrogen) atoms. The minimum absolute atomic E-state index is 0.0453. The van der Waals surface area contributed by atoms with E-state index in [4.69, 9.17) is 0 Å². The Balaban J connectivity index is 5.86. The van der Waals surface area contributed by atoms with E-state index in [0.29, 0.717) is 5.92 Å². The molecule has 0 spiro atoms. The van der Waals surface area contributed by atoms with Crippen LogP contribution in [0.2, 0.25) is 0 Å². The van der Waals surface area contributed by atoms with Crippen LogP contribution in [0.1, 0.15) is 82.6 Å². The van der Waals surface area contributed by atoms with E-state index < -0.39 is 11.9 Å². The number of nitriles is 1. The summed E-state index contributed by atoms with van der Waals surface area (Å²) < 4.78 is 0. The van der Waals surface area contributed by atoms with Crippen molar-refractivity contribution >= 4 is 5.97 Å². The Morgan fingerprint density at radius 3 is 1.64 bits per heavy atom. The summed E-state index contributed by atoms with van der Waals surface area (Å²) in [5.41, 5.74) is -0.671. The third kappa shape index (κ3) is 5.22. The zero-order valence-corrected chi connectivity index (χ0v) is 18.4. The SMILES string of the molecule is CC(C)C(C)(C)CC(C#N)C(C)(C)C(C)C(C(=O)O)C(C)(C)C(C)C. The normalized spacial score (nSPS) is 17.3. The molecule has 1 N–H and O–H groups in total. The first-order valence-electron chi connectivity index (χ1n) is 9.65. The molecule has 3 nitrogen and oxygen atoms in total. The molecule has 146 valence electrons. The molecule has 0 aliphatic heterocycles. The molecule has 3 atom stereocenters. The van der Waals surface area contributed by atoms with Crippen molar-refractivity contribution in [1.82, 2.24) is 0 Å². The molecule has 0 saturated heterocycles. The van der Waals surface area contributed by atoms with Crippen LogP contribution in [-0.4, -0.2) is 11.1 Å². The van der Waals surface area contributed by atoms with Gasteiger partial charge in [-0.3, -0.25) is 4.79 Å². The second-order valence-electron chi connectivity index (χ2n) is 10.4. The summed E-state index contributed by atoms with van der Waals surface area (Å²) >= 11 is 0. The summed E-state index contributed by atoms with van der Waals surface area (Å²) in [6.07, 6.45) is 0.785. The highest BCUT2D eigenvalue weighted by molar-refractivity contribution is 5.71. The number of carboxylic acid groups (broad SMARTS) is 1. The summed E-state index contributed by atoms with van der Waals surface area (Å²) in [4.78, 5) is 12.2. The van der Waals surface area contributed by atoms with Gasteiger partial charge >= 0.3 is 5.97 Å². The van der Waals surface area contributed by atoms with Crippen LogP contribution in [0.15, 0.2) is 0 Å². The third-order valence-electron chi connectivity index (χ3n) is 7.58. The lowest BCUT2D eigenvalue weighted by Gasteiger charge is -2.47. The maximum Gasteiger partial charge on any atom is 0.307 e. The standard InChI is InChI=1S/C22H41NO2/c1-14(2)20(6,7)12-17(13-23)22(10,11)16(5)18(19(24)25)21(8,9)15(3)4/h14-18H,12H2,1-11H3,(H,24,25). The van der Waals surface area contributed by atoms with Gasteiger partial charge in [-0.15, -0.1) is 0 Å². The molecule has 0 bridgehead atoms. The van der Waals surface area contributed by atoms with E-state index in [0.717, 1.165) is 6.42 Å². The Hall–Kier alpha value is -1.04. The highest BCUT2D eigenvalue weighted by atomic mass is 16.4. The van der Waals surface area contributed by atoms with E-state index in [-0.39, 0.29) is 34.0 Å². The first-order valence-corrected chi connectivity index (χ1v) is 9.65. The molecule has 0 saturated carbocycles. The summed E-state index contributed by atoms with van der Waals surface area (Å²) in [5, 5.41) is 19.9. The number of carboxylic acids is 1. The number of hydrogen-bond acceptors (Lipinski definition) is 2. The van der Waals surface area contributed by atoms with Gasteiger partial charge in [-0.1, -0.05) is 76.2 Å². The van der Waals surface area contributed by atoms with Gasteiger partial charge in [-0.2, -0.15) is 5.26 Å². The Bertz CT molecular complexity index is 495. The van der Waals surface area contributed by atoms with E-state index in [9.17, 15) is 15.2 Å². The Morgan fingerprint density at radius 2 is 1.36 bits per heavy atom. The third-order valence-corrected chi connectivity index (χ3v) is 7.58. The topological polar surface area (TPSA) is 61.1 Å². The second-order valence-corrected chi connectivity index (χ2v) is 10.4. The van der Waals surface area contributed by atoms with Gasteiger partial charge in [0.05, 0.1) is 17.9 Å². The number of aliphatic carboxylic acids is 1. The van der Waals surface area contributed by atoms with Gasteiger partial charge in [0.1, 0.15) is 0 Å². The van der Waals surface area contributed by atoms with Crippen LogP contribution in [0.3, 0.4) is 0 Å². The van der Waals surface area contributed by atoms with E-state index in [1.165, 1.54) is 0 Å². The van der Waals surface area contributed by atoms with Crippen LogP contribution in [0.5, 0.6) is 0 Å². The van der Waals surface area contributed by atoms with Gasteiger partial charge < -0.3 is 5.11 Å². The Labute approximate surface area is 156 Å². The lowest BCUT2D eigenvalue weighted by Crippen LogP contribution is -2.47. The molecule has 0 aliphatic rings. The van der Waals surface area contributed by atoms with Crippen molar-refractivity contribution < 1.29 is 9.90 Å². The zero-order valence-electron chi connectivity index (χ0n) is 18.4. The second kappa shape index (κ2) is 8.11. The van der Waals surface area contributed by atoms with Gasteiger partial charge in [-0.25, -0.2) is 0 Å². The summed E-state index contributed by atoms with van der Waals surface area (Å²) in [6, 6.07) is 2.52. The van der Waals surface area contributed by atoms with Crippen LogP contribution in [0, 0.1) is 57.2 Å². The molecule has 0 radical (unpaired) electrons. The predicted octanol–water partition coefficient (Wildman–Crippen LogP) is 6.24. The lowest BCUT2D eigenvalue weighted by molar-refractivity contribution is -0.154. The fourth-order valence-electron chi connectivity index (χ4n) is 3.52. The molecule has 0 aromatic heterocycles. The largest absolute Gasteiger partial charge is 0.481 e. The van der Waals surface area contributed by atoms with Crippen molar-refractivity contribution in [1.29, 1.82) is 5.26 Å². The predicted molar refractivity (Wildman–Crippen MR) is 105 cm³/mol. The summed E-state index contributed by atoms with van der Waals surface area (Å²) in [7, 11) is 0. The first-order chi connectivity index (χ1) is 11.0. The van der Waals surface area contributed by atoms with Crippen molar-refractivity contribution in [3.05, 3.63) is 0 Å². The van der Waals surface area contributed by atoms with Crippen LogP contribution in [-0.2, 0) is 4.79 Å². The van der Waals surface area contributed by atoms with E-state index in [1.807, 2.05) is 20.8 Å². The molecule has 3 unspecified atom stereocenters. The number of carbonyl (C=O) groups is 1. The van der Waals surface area contributed by atoms with Crippen molar-refractivity contribution in [2.75, 3.05) is 0 Å². The first kappa shape index (κ1) is 24.0. The van der Waals surface area contributed by atoms with Gasteiger partial charge in [0.15, 0.2) is 0 Å². The number of rotatable bonds is 9. The molecular formula is C22H41NO2. The van der Waals surface area contributed by atoms with Gasteiger partial charge in [0.2, 0.25) is 0 Å². The fraction of sp³-hybridized carbons (Fsp3) is 0.909. The van der Waals surface area contributed by atoms with Crippen molar-refractivity contribution in [2.24, 2.45) is 45.8 Å². The molecule has 0 rings (SSSR count). The van der Waals surface area contributed by atoms with Crippen LogP contribution in [0.25, 0.3) is 0 Å². The molecule has 0 aromatic rings. The minimum atomic E-state index is -0.751. The quantitative estimate of drug-likeness (QED) is 0.534. The van der Waals surface area contributed by atoms with Crippen molar-refractivity contribution in [3.8, 4) is 6.07 Å². The van der Waals surface area contributed by atoms with Crippen molar-refractivity contribution in [2.45, 2.75) is 82.6 Å². The molecule has 0 amide bonds. The van der Waals surface area contributed by atoms with Gasteiger partial charge in [0.25, 0.3) is 0 Å². The minimum Gasteiger partial charge on any atom is -0.481 e. The summed E-state index contributed by atoms with van der Waals surface area (Å²) in [5.74, 6) is -0.796.